The SMILES string of the molecule is CCNC(=NCc1nccn1CC(C)C)NCCCCOCC. The summed E-state index contributed by atoms with van der Waals surface area (Å²) in [7, 11) is 0. The highest BCUT2D eigenvalue weighted by Gasteiger charge is 2.05. The van der Waals surface area contributed by atoms with Gasteiger partial charge in [0.25, 0.3) is 0 Å². The highest BCUT2D eigenvalue weighted by Crippen LogP contribution is 2.04. The third-order valence-electron chi connectivity index (χ3n) is 3.30. The molecule has 0 bridgehead atoms. The largest absolute Gasteiger partial charge is 0.382 e. The van der Waals surface area contributed by atoms with E-state index in [1.54, 1.807) is 0 Å². The molecule has 1 aromatic heterocycles. The van der Waals surface area contributed by atoms with Gasteiger partial charge in [-0.1, -0.05) is 13.8 Å². The van der Waals surface area contributed by atoms with Gasteiger partial charge in [0.1, 0.15) is 12.4 Å². The molecular formula is C17H33N5O. The minimum atomic E-state index is 0.591. The Morgan fingerprint density at radius 3 is 2.83 bits per heavy atom. The fraction of sp³-hybridized carbons (Fsp3) is 0.765. The molecule has 23 heavy (non-hydrogen) atoms. The molecule has 0 saturated carbocycles. The highest BCUT2D eigenvalue weighted by atomic mass is 16.5. The normalized spacial score (nSPS) is 12.0. The number of aliphatic imine (C=N–C) groups is 1. The minimum absolute atomic E-state index is 0.591. The Kier molecular flexibility index (Phi) is 10.1. The van der Waals surface area contributed by atoms with Crippen molar-refractivity contribution in [3.05, 3.63) is 18.2 Å². The number of ether oxygens (including phenoxy) is 1. The lowest BCUT2D eigenvalue weighted by molar-refractivity contribution is 0.143. The summed E-state index contributed by atoms with van der Waals surface area (Å²) in [5.41, 5.74) is 0. The smallest absolute Gasteiger partial charge is 0.191 e. The molecule has 0 fully saturated rings. The van der Waals surface area contributed by atoms with E-state index in [0.29, 0.717) is 12.5 Å². The fourth-order valence-corrected chi connectivity index (χ4v) is 2.22. The summed E-state index contributed by atoms with van der Waals surface area (Å²) in [6, 6.07) is 0. The van der Waals surface area contributed by atoms with Crippen LogP contribution in [0.5, 0.6) is 0 Å². The minimum Gasteiger partial charge on any atom is -0.382 e. The third-order valence-corrected chi connectivity index (χ3v) is 3.30. The first-order valence-corrected chi connectivity index (χ1v) is 8.77. The molecule has 0 spiro atoms. The van der Waals surface area contributed by atoms with E-state index in [9.17, 15) is 0 Å². The van der Waals surface area contributed by atoms with E-state index in [2.05, 4.69) is 45.9 Å². The van der Waals surface area contributed by atoms with E-state index in [4.69, 9.17) is 4.74 Å². The van der Waals surface area contributed by atoms with Crippen molar-refractivity contribution >= 4 is 5.96 Å². The molecule has 0 aliphatic carbocycles. The second-order valence-electron chi connectivity index (χ2n) is 5.92. The van der Waals surface area contributed by atoms with Gasteiger partial charge in [-0.25, -0.2) is 9.98 Å². The van der Waals surface area contributed by atoms with Crippen LogP contribution in [0.2, 0.25) is 0 Å². The van der Waals surface area contributed by atoms with Gasteiger partial charge in [-0.15, -0.1) is 0 Å². The number of unbranched alkanes of at least 4 members (excludes halogenated alkanes) is 1. The fourth-order valence-electron chi connectivity index (χ4n) is 2.22. The Balaban J connectivity index is 2.43. The molecule has 6 heteroatoms. The number of hydrogen-bond donors (Lipinski definition) is 2. The average Bonchev–Trinajstić information content (AvgIpc) is 2.94. The summed E-state index contributed by atoms with van der Waals surface area (Å²) in [6.45, 7) is 13.5. The molecule has 132 valence electrons. The van der Waals surface area contributed by atoms with Crippen LogP contribution in [0.4, 0.5) is 0 Å². The van der Waals surface area contributed by atoms with Crippen LogP contribution in [0.3, 0.4) is 0 Å². The summed E-state index contributed by atoms with van der Waals surface area (Å²) >= 11 is 0. The van der Waals surface area contributed by atoms with Crippen LogP contribution in [0.25, 0.3) is 0 Å². The predicted octanol–water partition coefficient (Wildman–Crippen LogP) is 2.41. The van der Waals surface area contributed by atoms with Gasteiger partial charge in [-0.05, 0) is 32.6 Å². The lowest BCUT2D eigenvalue weighted by Crippen LogP contribution is -2.37. The molecule has 1 aromatic rings. The first-order chi connectivity index (χ1) is 11.2. The summed E-state index contributed by atoms with van der Waals surface area (Å²) < 4.78 is 7.52. The summed E-state index contributed by atoms with van der Waals surface area (Å²) in [4.78, 5) is 9.05. The van der Waals surface area contributed by atoms with Gasteiger partial charge < -0.3 is 19.9 Å². The molecule has 1 rings (SSSR count). The molecule has 0 aliphatic rings. The standard InChI is InChI=1S/C17H33N5O/c1-5-18-17(20-9-7-8-12-23-6-2)21-13-16-19-10-11-22(16)14-15(3)4/h10-11,15H,5-9,12-14H2,1-4H3,(H2,18,20,21). The molecular weight excluding hydrogens is 290 g/mol. The van der Waals surface area contributed by atoms with Crippen molar-refractivity contribution in [2.75, 3.05) is 26.3 Å². The lowest BCUT2D eigenvalue weighted by atomic mass is 10.2. The number of rotatable bonds is 11. The summed E-state index contributed by atoms with van der Waals surface area (Å²) in [5.74, 6) is 2.46. The number of imidazole rings is 1. The van der Waals surface area contributed by atoms with E-state index in [0.717, 1.165) is 57.5 Å². The zero-order valence-corrected chi connectivity index (χ0v) is 15.1. The van der Waals surface area contributed by atoms with Crippen molar-refractivity contribution in [2.24, 2.45) is 10.9 Å². The molecule has 0 amide bonds. The quantitative estimate of drug-likeness (QED) is 0.373. The number of guanidine groups is 1. The lowest BCUT2D eigenvalue weighted by Gasteiger charge is -2.12. The average molecular weight is 323 g/mol. The van der Waals surface area contributed by atoms with Crippen LogP contribution < -0.4 is 10.6 Å². The van der Waals surface area contributed by atoms with Crippen molar-refractivity contribution in [3.63, 3.8) is 0 Å². The number of hydrogen-bond acceptors (Lipinski definition) is 3. The summed E-state index contributed by atoms with van der Waals surface area (Å²) in [5, 5.41) is 6.64. The molecule has 0 aromatic carbocycles. The number of aromatic nitrogens is 2. The second-order valence-corrected chi connectivity index (χ2v) is 5.92. The topological polar surface area (TPSA) is 63.5 Å². The highest BCUT2D eigenvalue weighted by molar-refractivity contribution is 5.79. The van der Waals surface area contributed by atoms with E-state index in [1.807, 2.05) is 19.3 Å². The van der Waals surface area contributed by atoms with Gasteiger partial charge in [0.2, 0.25) is 0 Å². The molecule has 2 N–H and O–H groups in total. The third kappa shape index (κ3) is 8.59. The van der Waals surface area contributed by atoms with Crippen molar-refractivity contribution < 1.29 is 4.74 Å². The molecule has 0 aliphatic heterocycles. The van der Waals surface area contributed by atoms with Gasteiger partial charge in [-0.2, -0.15) is 0 Å². The molecule has 0 unspecified atom stereocenters. The maximum atomic E-state index is 5.34. The van der Waals surface area contributed by atoms with Crippen LogP contribution in [0, 0.1) is 5.92 Å². The van der Waals surface area contributed by atoms with Crippen molar-refractivity contribution in [3.8, 4) is 0 Å². The second kappa shape index (κ2) is 11.9. The van der Waals surface area contributed by atoms with Crippen molar-refractivity contribution in [2.45, 2.75) is 53.6 Å². The Morgan fingerprint density at radius 1 is 1.30 bits per heavy atom. The first kappa shape index (κ1) is 19.5. The Hall–Kier alpha value is -1.56. The molecule has 0 saturated heterocycles. The Labute approximate surface area is 140 Å². The number of nitrogens with one attached hydrogen (secondary N) is 2. The van der Waals surface area contributed by atoms with Crippen molar-refractivity contribution in [1.29, 1.82) is 0 Å². The first-order valence-electron chi connectivity index (χ1n) is 8.77. The van der Waals surface area contributed by atoms with Gasteiger partial charge in [0, 0.05) is 45.2 Å². The Morgan fingerprint density at radius 2 is 2.13 bits per heavy atom. The van der Waals surface area contributed by atoms with Crippen LogP contribution in [0.15, 0.2) is 17.4 Å². The van der Waals surface area contributed by atoms with Gasteiger partial charge in [-0.3, -0.25) is 0 Å². The molecule has 0 radical (unpaired) electrons. The number of nitrogens with zero attached hydrogens (tertiary/aromatic N) is 3. The maximum absolute atomic E-state index is 5.34. The van der Waals surface area contributed by atoms with Gasteiger partial charge in [0.05, 0.1) is 0 Å². The zero-order chi connectivity index (χ0) is 16.9. The van der Waals surface area contributed by atoms with Gasteiger partial charge >= 0.3 is 0 Å². The molecule has 0 atom stereocenters. The van der Waals surface area contributed by atoms with E-state index in [-0.39, 0.29) is 0 Å². The molecule has 1 heterocycles. The Bertz CT molecular complexity index is 442. The van der Waals surface area contributed by atoms with Crippen molar-refractivity contribution in [1.82, 2.24) is 20.2 Å². The maximum Gasteiger partial charge on any atom is 0.191 e. The zero-order valence-electron chi connectivity index (χ0n) is 15.1. The van der Waals surface area contributed by atoms with E-state index in [1.165, 1.54) is 0 Å². The molecule has 6 nitrogen and oxygen atoms in total. The predicted molar refractivity (Wildman–Crippen MR) is 95.6 cm³/mol. The van der Waals surface area contributed by atoms with E-state index >= 15 is 0 Å². The van der Waals surface area contributed by atoms with Gasteiger partial charge in [0.15, 0.2) is 5.96 Å². The van der Waals surface area contributed by atoms with E-state index < -0.39 is 0 Å². The van der Waals surface area contributed by atoms with Crippen LogP contribution in [-0.4, -0.2) is 41.8 Å². The monoisotopic (exact) mass is 323 g/mol. The van der Waals surface area contributed by atoms with Crippen LogP contribution >= 0.6 is 0 Å². The van der Waals surface area contributed by atoms with Crippen LogP contribution in [0.1, 0.15) is 46.4 Å². The summed E-state index contributed by atoms with van der Waals surface area (Å²) in [6.07, 6.45) is 6.02. The van der Waals surface area contributed by atoms with Crippen LogP contribution in [-0.2, 0) is 17.8 Å².